The number of ketones is 1. The minimum atomic E-state index is -0.250. The highest BCUT2D eigenvalue weighted by Gasteiger charge is 2.36. The van der Waals surface area contributed by atoms with Crippen LogP contribution in [0.2, 0.25) is 0 Å². The Hall–Kier alpha value is -1.03. The lowest BCUT2D eigenvalue weighted by atomic mass is 9.71. The fraction of sp³-hybridized carbons (Fsp3) is 0.562. The van der Waals surface area contributed by atoms with Crippen molar-refractivity contribution in [1.82, 2.24) is 0 Å². The second kappa shape index (κ2) is 6.17. The third kappa shape index (κ3) is 2.85. The summed E-state index contributed by atoms with van der Waals surface area (Å²) >= 11 is 3.49. The van der Waals surface area contributed by atoms with Crippen LogP contribution in [0.5, 0.6) is 11.5 Å². The number of ether oxygens (including phenoxy) is 2. The normalized spacial score (nSPS) is 17.6. The highest BCUT2D eigenvalue weighted by atomic mass is 79.9. The zero-order valence-corrected chi connectivity index (χ0v) is 13.9. The smallest absolute Gasteiger partial charge is 0.169 e. The van der Waals surface area contributed by atoms with Crippen molar-refractivity contribution in [3.05, 3.63) is 22.2 Å². The molecule has 0 N–H and O–H groups in total. The van der Waals surface area contributed by atoms with Crippen LogP contribution < -0.4 is 9.47 Å². The predicted molar refractivity (Wildman–Crippen MR) is 82.8 cm³/mol. The highest BCUT2D eigenvalue weighted by molar-refractivity contribution is 9.10. The number of carbonyl (C=O) groups is 1. The van der Waals surface area contributed by atoms with Gasteiger partial charge in [-0.15, -0.1) is 0 Å². The first-order valence-corrected chi connectivity index (χ1v) is 7.77. The largest absolute Gasteiger partial charge is 0.493 e. The Morgan fingerprint density at radius 3 is 2.20 bits per heavy atom. The van der Waals surface area contributed by atoms with Crippen LogP contribution in [0.3, 0.4) is 0 Å². The van der Waals surface area contributed by atoms with Gasteiger partial charge in [-0.3, -0.25) is 4.79 Å². The van der Waals surface area contributed by atoms with Gasteiger partial charge in [0.05, 0.1) is 14.2 Å². The van der Waals surface area contributed by atoms with Gasteiger partial charge in [0, 0.05) is 15.5 Å². The molecule has 0 heterocycles. The highest BCUT2D eigenvalue weighted by Crippen LogP contribution is 2.42. The maximum atomic E-state index is 12.9. The van der Waals surface area contributed by atoms with Gasteiger partial charge < -0.3 is 9.47 Å². The number of hydrogen-bond donors (Lipinski definition) is 0. The average molecular weight is 341 g/mol. The van der Waals surface area contributed by atoms with Gasteiger partial charge in [0.1, 0.15) is 0 Å². The fourth-order valence-corrected chi connectivity index (χ4v) is 3.41. The Morgan fingerprint density at radius 2 is 1.65 bits per heavy atom. The molecule has 1 aromatic rings. The molecule has 20 heavy (non-hydrogen) atoms. The van der Waals surface area contributed by atoms with Crippen molar-refractivity contribution in [2.75, 3.05) is 14.2 Å². The van der Waals surface area contributed by atoms with Crippen molar-refractivity contribution in [2.24, 2.45) is 5.41 Å². The number of carbonyl (C=O) groups excluding carboxylic acids is 1. The maximum Gasteiger partial charge on any atom is 0.169 e. The van der Waals surface area contributed by atoms with E-state index in [4.69, 9.17) is 9.47 Å². The van der Waals surface area contributed by atoms with Gasteiger partial charge in [0.25, 0.3) is 0 Å². The number of hydrogen-bond acceptors (Lipinski definition) is 3. The molecule has 1 aromatic carbocycles. The molecule has 1 fully saturated rings. The number of Topliss-reactive ketones (excluding diaryl/α,β-unsaturated/α-hetero) is 1. The van der Waals surface area contributed by atoms with E-state index in [2.05, 4.69) is 22.9 Å². The molecule has 0 radical (unpaired) electrons. The summed E-state index contributed by atoms with van der Waals surface area (Å²) in [5.74, 6) is 1.42. The van der Waals surface area contributed by atoms with Gasteiger partial charge >= 0.3 is 0 Å². The van der Waals surface area contributed by atoms with E-state index in [0.717, 1.165) is 30.2 Å². The topological polar surface area (TPSA) is 35.5 Å². The number of benzene rings is 1. The summed E-state index contributed by atoms with van der Waals surface area (Å²) in [5, 5.41) is 0. The lowest BCUT2D eigenvalue weighted by Crippen LogP contribution is -2.30. The van der Waals surface area contributed by atoms with Crippen molar-refractivity contribution in [3.63, 3.8) is 0 Å². The molecule has 3 nitrogen and oxygen atoms in total. The summed E-state index contributed by atoms with van der Waals surface area (Å²) in [7, 11) is 3.18. The Balaban J connectivity index is 2.39. The molecule has 0 unspecified atom stereocenters. The summed E-state index contributed by atoms with van der Waals surface area (Å²) in [6.45, 7) is 2.08. The molecule has 0 spiro atoms. The van der Waals surface area contributed by atoms with E-state index in [9.17, 15) is 4.79 Å². The van der Waals surface area contributed by atoms with Crippen LogP contribution in [0.1, 0.15) is 49.4 Å². The van der Waals surface area contributed by atoms with Crippen LogP contribution in [0.25, 0.3) is 0 Å². The standard InChI is InChI=1S/C16H21BrO3/c1-16(7-5-4-6-8-16)15(18)11-9-13(19-2)14(20-3)10-12(11)17/h9-10H,4-8H2,1-3H3. The third-order valence-electron chi connectivity index (χ3n) is 4.22. The second-order valence-corrected chi connectivity index (χ2v) is 6.49. The molecule has 0 atom stereocenters. The molecule has 1 aliphatic rings. The van der Waals surface area contributed by atoms with E-state index < -0.39 is 0 Å². The van der Waals surface area contributed by atoms with Crippen LogP contribution in [-0.2, 0) is 0 Å². The SMILES string of the molecule is COc1cc(Br)c(C(=O)C2(C)CCCCC2)cc1OC. The van der Waals surface area contributed by atoms with E-state index in [1.165, 1.54) is 6.42 Å². The summed E-state index contributed by atoms with van der Waals surface area (Å²) < 4.78 is 11.3. The van der Waals surface area contributed by atoms with Gasteiger partial charge in [-0.2, -0.15) is 0 Å². The Morgan fingerprint density at radius 1 is 1.10 bits per heavy atom. The zero-order valence-electron chi connectivity index (χ0n) is 12.3. The Labute approximate surface area is 128 Å². The molecule has 1 aliphatic carbocycles. The van der Waals surface area contributed by atoms with Gasteiger partial charge in [0.15, 0.2) is 17.3 Å². The van der Waals surface area contributed by atoms with Gasteiger partial charge in [-0.05, 0) is 40.9 Å². The van der Waals surface area contributed by atoms with Crippen LogP contribution >= 0.6 is 15.9 Å². The first kappa shape index (κ1) is 15.4. The van der Waals surface area contributed by atoms with Gasteiger partial charge in [-0.1, -0.05) is 26.2 Å². The molecular formula is C16H21BrO3. The van der Waals surface area contributed by atoms with Crippen molar-refractivity contribution in [3.8, 4) is 11.5 Å². The molecule has 1 saturated carbocycles. The Kier molecular flexibility index (Phi) is 4.74. The third-order valence-corrected chi connectivity index (χ3v) is 4.88. The summed E-state index contributed by atoms with van der Waals surface area (Å²) in [4.78, 5) is 12.9. The maximum absolute atomic E-state index is 12.9. The van der Waals surface area contributed by atoms with E-state index in [0.29, 0.717) is 17.1 Å². The minimum Gasteiger partial charge on any atom is -0.493 e. The monoisotopic (exact) mass is 340 g/mol. The molecule has 0 bridgehead atoms. The molecule has 110 valence electrons. The van der Waals surface area contributed by atoms with Crippen molar-refractivity contribution >= 4 is 21.7 Å². The fourth-order valence-electron chi connectivity index (χ4n) is 2.91. The average Bonchev–Trinajstić information content (AvgIpc) is 2.47. The first-order valence-electron chi connectivity index (χ1n) is 6.98. The van der Waals surface area contributed by atoms with Crippen LogP contribution in [0, 0.1) is 5.41 Å². The quantitative estimate of drug-likeness (QED) is 0.750. The lowest BCUT2D eigenvalue weighted by Gasteiger charge is -2.32. The van der Waals surface area contributed by atoms with E-state index in [-0.39, 0.29) is 11.2 Å². The Bertz CT molecular complexity index is 505. The molecular weight excluding hydrogens is 320 g/mol. The van der Waals surface area contributed by atoms with E-state index in [1.54, 1.807) is 26.4 Å². The van der Waals surface area contributed by atoms with Crippen LogP contribution in [0.15, 0.2) is 16.6 Å². The molecule has 4 heteroatoms. The number of halogens is 1. The first-order chi connectivity index (χ1) is 9.51. The second-order valence-electron chi connectivity index (χ2n) is 5.64. The predicted octanol–water partition coefficient (Wildman–Crippen LogP) is 4.62. The summed E-state index contributed by atoms with van der Waals surface area (Å²) in [6, 6.07) is 3.59. The molecule has 0 amide bonds. The van der Waals surface area contributed by atoms with Gasteiger partial charge in [0.2, 0.25) is 0 Å². The van der Waals surface area contributed by atoms with Crippen molar-refractivity contribution in [2.45, 2.75) is 39.0 Å². The van der Waals surface area contributed by atoms with Crippen molar-refractivity contribution < 1.29 is 14.3 Å². The summed E-state index contributed by atoms with van der Waals surface area (Å²) in [6.07, 6.45) is 5.43. The molecule has 2 rings (SSSR count). The minimum absolute atomic E-state index is 0.199. The van der Waals surface area contributed by atoms with Crippen molar-refractivity contribution in [1.29, 1.82) is 0 Å². The van der Waals surface area contributed by atoms with Crippen LogP contribution in [-0.4, -0.2) is 20.0 Å². The molecule has 0 aliphatic heterocycles. The molecule has 0 aromatic heterocycles. The van der Waals surface area contributed by atoms with E-state index >= 15 is 0 Å². The van der Waals surface area contributed by atoms with Gasteiger partial charge in [-0.25, -0.2) is 0 Å². The van der Waals surface area contributed by atoms with Crippen LogP contribution in [0.4, 0.5) is 0 Å². The number of rotatable bonds is 4. The summed E-state index contributed by atoms with van der Waals surface area (Å²) in [5.41, 5.74) is 0.437. The molecule has 0 saturated heterocycles. The lowest BCUT2D eigenvalue weighted by molar-refractivity contribution is 0.0748. The van der Waals surface area contributed by atoms with E-state index in [1.807, 2.05) is 0 Å². The number of methoxy groups -OCH3 is 2. The zero-order chi connectivity index (χ0) is 14.8.